The number of rotatable bonds is 10. The van der Waals surface area contributed by atoms with Crippen molar-refractivity contribution in [2.24, 2.45) is 5.73 Å². The van der Waals surface area contributed by atoms with Gasteiger partial charge in [-0.2, -0.15) is 13.2 Å². The van der Waals surface area contributed by atoms with Crippen LogP contribution in [0.5, 0.6) is 0 Å². The SMILES string of the molecule is NC(=O)Cc1ccccc1CCc1nc(Cc2ccc(C3CN([B]C=O)C3)cc2)ncc1C(F)(F)F. The van der Waals surface area contributed by atoms with Crippen molar-refractivity contribution in [3.05, 3.63) is 94.1 Å². The lowest BCUT2D eigenvalue weighted by Crippen LogP contribution is -2.47. The van der Waals surface area contributed by atoms with E-state index in [1.165, 1.54) is 7.41 Å². The Balaban J connectivity index is 1.48. The number of benzene rings is 2. The molecule has 0 aliphatic carbocycles. The van der Waals surface area contributed by atoms with Crippen LogP contribution in [-0.2, 0) is 41.4 Å². The Morgan fingerprint density at radius 1 is 1.08 bits per heavy atom. The molecule has 1 saturated heterocycles. The number of amides is 1. The predicted molar refractivity (Wildman–Crippen MR) is 130 cm³/mol. The minimum atomic E-state index is -4.57. The van der Waals surface area contributed by atoms with Crippen molar-refractivity contribution in [2.75, 3.05) is 13.1 Å². The minimum Gasteiger partial charge on any atom is -0.369 e. The third-order valence-corrected chi connectivity index (χ3v) is 6.33. The highest BCUT2D eigenvalue weighted by molar-refractivity contribution is 6.64. The van der Waals surface area contributed by atoms with Gasteiger partial charge in [-0.25, -0.2) is 9.97 Å². The summed E-state index contributed by atoms with van der Waals surface area (Å²) in [5.41, 5.74) is 7.90. The molecule has 2 aromatic carbocycles. The van der Waals surface area contributed by atoms with Crippen molar-refractivity contribution in [3.63, 3.8) is 0 Å². The highest BCUT2D eigenvalue weighted by Crippen LogP contribution is 2.32. The fourth-order valence-electron chi connectivity index (χ4n) is 4.41. The van der Waals surface area contributed by atoms with Gasteiger partial charge in [-0.1, -0.05) is 48.5 Å². The molecule has 1 aromatic heterocycles. The molecule has 2 heterocycles. The van der Waals surface area contributed by atoms with Crippen LogP contribution in [0.25, 0.3) is 0 Å². The second-order valence-electron chi connectivity index (χ2n) is 8.91. The van der Waals surface area contributed by atoms with Gasteiger partial charge in [0, 0.05) is 18.5 Å². The first-order valence-electron chi connectivity index (χ1n) is 11.6. The van der Waals surface area contributed by atoms with E-state index in [2.05, 4.69) is 9.97 Å². The van der Waals surface area contributed by atoms with Gasteiger partial charge >= 0.3 is 6.18 Å². The van der Waals surface area contributed by atoms with E-state index in [-0.39, 0.29) is 25.0 Å². The highest BCUT2D eigenvalue weighted by atomic mass is 19.4. The molecule has 0 spiro atoms. The lowest BCUT2D eigenvalue weighted by molar-refractivity contribution is -0.138. The monoisotopic (exact) mass is 493 g/mol. The maximum absolute atomic E-state index is 13.7. The largest absolute Gasteiger partial charge is 0.419 e. The quantitative estimate of drug-likeness (QED) is 0.347. The van der Waals surface area contributed by atoms with Crippen molar-refractivity contribution >= 4 is 19.5 Å². The Morgan fingerprint density at radius 3 is 2.42 bits per heavy atom. The van der Waals surface area contributed by atoms with Gasteiger partial charge < -0.3 is 15.3 Å². The van der Waals surface area contributed by atoms with Crippen LogP contribution in [0.3, 0.4) is 0 Å². The Morgan fingerprint density at radius 2 is 1.78 bits per heavy atom. The highest BCUT2D eigenvalue weighted by Gasteiger charge is 2.35. The van der Waals surface area contributed by atoms with Crippen LogP contribution in [0.15, 0.2) is 54.7 Å². The standard InChI is InChI=1S/C26H25BF3N4O2/c28-26(29,30)22-13-32-25(11-17-5-7-19(8-6-17)21-14-34(15-21)27-16-35)33-23(22)10-9-18-3-1-2-4-20(18)12-24(31)36/h1-8,13,16,21H,9-12,14-15H2,(H2,31,36). The number of hydrogen-bond donors (Lipinski definition) is 1. The summed E-state index contributed by atoms with van der Waals surface area (Å²) >= 11 is 0. The van der Waals surface area contributed by atoms with Crippen LogP contribution >= 0.6 is 0 Å². The summed E-state index contributed by atoms with van der Waals surface area (Å²) in [5.74, 6) is 0.163. The summed E-state index contributed by atoms with van der Waals surface area (Å²) in [5, 5.41) is 0. The molecule has 2 N–H and O–H groups in total. The molecular weight excluding hydrogens is 468 g/mol. The number of carbonyl (C=O) groups is 2. The maximum Gasteiger partial charge on any atom is 0.419 e. The summed E-state index contributed by atoms with van der Waals surface area (Å²) in [4.78, 5) is 32.1. The first kappa shape index (κ1) is 25.6. The first-order chi connectivity index (χ1) is 17.2. The molecule has 3 aromatic rings. The zero-order chi connectivity index (χ0) is 25.7. The topological polar surface area (TPSA) is 89.2 Å². The molecule has 0 saturated carbocycles. The van der Waals surface area contributed by atoms with Crippen molar-refractivity contribution in [1.29, 1.82) is 0 Å². The van der Waals surface area contributed by atoms with E-state index in [9.17, 15) is 22.8 Å². The molecule has 0 bridgehead atoms. The van der Waals surface area contributed by atoms with Gasteiger partial charge in [0.15, 0.2) is 0 Å². The predicted octanol–water partition coefficient (Wildman–Crippen LogP) is 3.11. The maximum atomic E-state index is 13.7. The Hall–Kier alpha value is -3.53. The first-order valence-corrected chi connectivity index (χ1v) is 11.6. The van der Waals surface area contributed by atoms with Crippen molar-refractivity contribution in [2.45, 2.75) is 37.8 Å². The van der Waals surface area contributed by atoms with Crippen LogP contribution in [0.1, 0.15) is 45.3 Å². The zero-order valence-corrected chi connectivity index (χ0v) is 19.5. The number of aryl methyl sites for hydroxylation is 2. The molecular formula is C26H25BF3N4O2. The Bertz CT molecular complexity index is 1230. The van der Waals surface area contributed by atoms with Crippen LogP contribution in [-0.4, -0.2) is 47.4 Å². The summed E-state index contributed by atoms with van der Waals surface area (Å²) < 4.78 is 41.0. The summed E-state index contributed by atoms with van der Waals surface area (Å²) in [6.07, 6.45) is -2.26. The van der Waals surface area contributed by atoms with Gasteiger partial charge in [0.05, 0.1) is 23.9 Å². The molecule has 0 atom stereocenters. The lowest BCUT2D eigenvalue weighted by Gasteiger charge is -2.38. The molecule has 4 rings (SSSR count). The number of primary amides is 1. The number of carbonyl (C=O) groups excluding carboxylic acids is 2. The van der Waals surface area contributed by atoms with E-state index in [1.54, 1.807) is 24.3 Å². The number of nitrogens with two attached hydrogens (primary N) is 1. The Labute approximate surface area is 208 Å². The average molecular weight is 493 g/mol. The molecule has 6 nitrogen and oxygen atoms in total. The van der Waals surface area contributed by atoms with Crippen molar-refractivity contribution < 1.29 is 22.8 Å². The van der Waals surface area contributed by atoms with Crippen LogP contribution in [0, 0.1) is 0 Å². The number of aromatic nitrogens is 2. The third-order valence-electron chi connectivity index (χ3n) is 6.33. The van der Waals surface area contributed by atoms with Gasteiger partial charge in [-0.05, 0) is 48.2 Å². The number of alkyl halides is 3. The van der Waals surface area contributed by atoms with Gasteiger partial charge in [0.2, 0.25) is 5.91 Å². The number of hydrogen-bond acceptors (Lipinski definition) is 5. The van der Waals surface area contributed by atoms with E-state index in [0.717, 1.165) is 42.2 Å². The van der Waals surface area contributed by atoms with Crippen LogP contribution in [0.4, 0.5) is 13.2 Å². The summed E-state index contributed by atoms with van der Waals surface area (Å²) in [7, 11) is 1.53. The van der Waals surface area contributed by atoms with E-state index in [0.29, 0.717) is 23.7 Å². The molecule has 10 heteroatoms. The lowest BCUT2D eigenvalue weighted by atomic mass is 9.81. The minimum absolute atomic E-state index is 0.0293. The fourth-order valence-corrected chi connectivity index (χ4v) is 4.41. The molecule has 36 heavy (non-hydrogen) atoms. The van der Waals surface area contributed by atoms with Gasteiger partial charge in [0.1, 0.15) is 5.82 Å². The zero-order valence-electron chi connectivity index (χ0n) is 19.5. The molecule has 185 valence electrons. The van der Waals surface area contributed by atoms with Crippen molar-refractivity contribution in [3.8, 4) is 0 Å². The van der Waals surface area contributed by atoms with E-state index in [4.69, 9.17) is 5.73 Å². The van der Waals surface area contributed by atoms with E-state index >= 15 is 0 Å². The van der Waals surface area contributed by atoms with E-state index < -0.39 is 17.6 Å². The molecule has 1 aliphatic heterocycles. The average Bonchev–Trinajstić information content (AvgIpc) is 2.80. The van der Waals surface area contributed by atoms with E-state index in [1.807, 2.05) is 29.1 Å². The fraction of sp³-hybridized carbons (Fsp3) is 0.308. The van der Waals surface area contributed by atoms with Crippen LogP contribution in [0.2, 0.25) is 0 Å². The molecule has 1 radical (unpaired) electrons. The number of nitrogens with zero attached hydrogens (tertiary/aromatic N) is 3. The molecule has 0 unspecified atom stereocenters. The number of halogens is 3. The molecule has 1 fully saturated rings. The summed E-state index contributed by atoms with van der Waals surface area (Å²) in [6.45, 7) is 1.57. The normalized spacial score (nSPS) is 14.3. The Kier molecular flexibility index (Phi) is 7.83. The second kappa shape index (κ2) is 11.0. The second-order valence-corrected chi connectivity index (χ2v) is 8.91. The molecule has 1 amide bonds. The van der Waals surface area contributed by atoms with Gasteiger partial charge in [-0.3, -0.25) is 4.79 Å². The van der Waals surface area contributed by atoms with Gasteiger partial charge in [0.25, 0.3) is 7.41 Å². The van der Waals surface area contributed by atoms with Crippen LogP contribution < -0.4 is 5.73 Å². The van der Waals surface area contributed by atoms with Gasteiger partial charge in [-0.15, -0.1) is 0 Å². The smallest absolute Gasteiger partial charge is 0.369 e. The summed E-state index contributed by atoms with van der Waals surface area (Å²) in [6, 6.07) is 14.9. The molecule has 1 aliphatic rings. The third kappa shape index (κ3) is 6.37. The van der Waals surface area contributed by atoms with Crippen molar-refractivity contribution in [1.82, 2.24) is 14.8 Å².